The van der Waals surface area contributed by atoms with Crippen LogP contribution in [0.15, 0.2) is 48.7 Å². The van der Waals surface area contributed by atoms with Crippen molar-refractivity contribution in [1.29, 1.82) is 0 Å². The highest BCUT2D eigenvalue weighted by atomic mass is 16.2. The van der Waals surface area contributed by atoms with Gasteiger partial charge in [0.05, 0.1) is 11.9 Å². The molecule has 0 unspecified atom stereocenters. The Morgan fingerprint density at radius 2 is 1.70 bits per heavy atom. The smallest absolute Gasteiger partial charge is 0.275 e. The summed E-state index contributed by atoms with van der Waals surface area (Å²) in [6.07, 6.45) is 6.54. The van der Waals surface area contributed by atoms with Crippen LogP contribution in [0, 0.1) is 11.8 Å². The van der Waals surface area contributed by atoms with Gasteiger partial charge in [-0.1, -0.05) is 30.3 Å². The number of hydrogen-bond donors (Lipinski definition) is 1. The van der Waals surface area contributed by atoms with Crippen molar-refractivity contribution >= 4 is 16.9 Å². The largest absolute Gasteiger partial charge is 0.337 e. The molecule has 0 spiro atoms. The fourth-order valence-electron chi connectivity index (χ4n) is 5.07. The van der Waals surface area contributed by atoms with Gasteiger partial charge in [0.1, 0.15) is 0 Å². The van der Waals surface area contributed by atoms with Crippen LogP contribution in [0.25, 0.3) is 11.0 Å². The zero-order valence-electron chi connectivity index (χ0n) is 17.3. The summed E-state index contributed by atoms with van der Waals surface area (Å²) in [5.74, 6) is 1.62. The number of hydrogen-bond acceptors (Lipinski definition) is 4. The Morgan fingerprint density at radius 3 is 2.47 bits per heavy atom. The van der Waals surface area contributed by atoms with E-state index in [1.807, 2.05) is 39.9 Å². The molecule has 2 saturated heterocycles. The molecular formula is C24H29N5O. The summed E-state index contributed by atoms with van der Waals surface area (Å²) >= 11 is 0. The highest BCUT2D eigenvalue weighted by Gasteiger charge is 2.31. The number of carbonyl (C=O) groups is 1. The molecule has 3 aromatic rings. The van der Waals surface area contributed by atoms with Gasteiger partial charge >= 0.3 is 0 Å². The third kappa shape index (κ3) is 3.84. The van der Waals surface area contributed by atoms with E-state index < -0.39 is 0 Å². The first-order chi connectivity index (χ1) is 14.8. The number of pyridine rings is 1. The van der Waals surface area contributed by atoms with Crippen LogP contribution in [0.1, 0.15) is 41.7 Å². The minimum absolute atomic E-state index is 0.0450. The molecule has 1 N–H and O–H groups in total. The van der Waals surface area contributed by atoms with E-state index in [4.69, 9.17) is 5.10 Å². The first-order valence-electron chi connectivity index (χ1n) is 11.1. The lowest BCUT2D eigenvalue weighted by Gasteiger charge is -2.37. The summed E-state index contributed by atoms with van der Waals surface area (Å²) in [6.45, 7) is 4.56. The SMILES string of the molecule is O=C(c1nn(Cc2ccccc2)c2ncccc12)N1CCC(C2CCNCC2)CC1. The van der Waals surface area contributed by atoms with Gasteiger partial charge in [-0.2, -0.15) is 5.10 Å². The van der Waals surface area contributed by atoms with Crippen molar-refractivity contribution in [2.45, 2.75) is 32.2 Å². The minimum atomic E-state index is 0.0450. The van der Waals surface area contributed by atoms with E-state index in [-0.39, 0.29) is 5.91 Å². The average molecular weight is 404 g/mol. The Morgan fingerprint density at radius 1 is 0.967 bits per heavy atom. The molecule has 0 aliphatic carbocycles. The van der Waals surface area contributed by atoms with Crippen LogP contribution in [0.4, 0.5) is 0 Å². The fraction of sp³-hybridized carbons (Fsp3) is 0.458. The van der Waals surface area contributed by atoms with E-state index in [9.17, 15) is 4.79 Å². The standard InChI is InChI=1S/C24H29N5O/c30-24(28-15-10-20(11-16-28)19-8-13-25-14-9-19)22-21-7-4-12-26-23(21)29(27-22)17-18-5-2-1-3-6-18/h1-7,12,19-20,25H,8-11,13-17H2. The molecule has 2 aromatic heterocycles. The quantitative estimate of drug-likeness (QED) is 0.726. The van der Waals surface area contributed by atoms with Gasteiger partial charge in [0.25, 0.3) is 5.91 Å². The molecule has 6 nitrogen and oxygen atoms in total. The number of aromatic nitrogens is 3. The van der Waals surface area contributed by atoms with E-state index in [0.29, 0.717) is 12.2 Å². The van der Waals surface area contributed by atoms with Gasteiger partial charge in [0, 0.05) is 19.3 Å². The number of amides is 1. The molecule has 0 radical (unpaired) electrons. The van der Waals surface area contributed by atoms with Gasteiger partial charge in [-0.3, -0.25) is 4.79 Å². The Balaban J connectivity index is 1.34. The fourth-order valence-corrected chi connectivity index (χ4v) is 5.07. The second-order valence-electron chi connectivity index (χ2n) is 8.58. The highest BCUT2D eigenvalue weighted by Crippen LogP contribution is 2.31. The molecular weight excluding hydrogens is 374 g/mol. The number of carbonyl (C=O) groups excluding carboxylic acids is 1. The van der Waals surface area contributed by atoms with Crippen LogP contribution in [0.2, 0.25) is 0 Å². The van der Waals surface area contributed by atoms with Gasteiger partial charge in [-0.15, -0.1) is 0 Å². The Bertz CT molecular complexity index is 1000. The molecule has 2 aliphatic heterocycles. The van der Waals surface area contributed by atoms with Crippen molar-refractivity contribution in [3.63, 3.8) is 0 Å². The first-order valence-corrected chi connectivity index (χ1v) is 11.1. The number of nitrogens with zero attached hydrogens (tertiary/aromatic N) is 4. The number of likely N-dealkylation sites (tertiary alicyclic amines) is 1. The molecule has 4 heterocycles. The molecule has 6 heteroatoms. The predicted molar refractivity (Wildman–Crippen MR) is 117 cm³/mol. The molecule has 30 heavy (non-hydrogen) atoms. The lowest BCUT2D eigenvalue weighted by molar-refractivity contribution is 0.0637. The maximum absolute atomic E-state index is 13.4. The zero-order chi connectivity index (χ0) is 20.3. The molecule has 0 saturated carbocycles. The van der Waals surface area contributed by atoms with Crippen molar-refractivity contribution in [2.24, 2.45) is 11.8 Å². The summed E-state index contributed by atoms with van der Waals surface area (Å²) in [5, 5.41) is 9.03. The molecule has 1 amide bonds. The Hall–Kier alpha value is -2.73. The van der Waals surface area contributed by atoms with E-state index >= 15 is 0 Å². The number of piperidine rings is 2. The third-order valence-electron chi connectivity index (χ3n) is 6.76. The lowest BCUT2D eigenvalue weighted by atomic mass is 9.79. The minimum Gasteiger partial charge on any atom is -0.337 e. The van der Waals surface area contributed by atoms with Crippen LogP contribution < -0.4 is 5.32 Å². The van der Waals surface area contributed by atoms with E-state index in [1.165, 1.54) is 12.8 Å². The van der Waals surface area contributed by atoms with Crippen LogP contribution in [0.5, 0.6) is 0 Å². The molecule has 156 valence electrons. The normalized spacial score (nSPS) is 18.7. The van der Waals surface area contributed by atoms with Crippen molar-refractivity contribution in [3.8, 4) is 0 Å². The maximum atomic E-state index is 13.4. The molecule has 1 aromatic carbocycles. The first kappa shape index (κ1) is 19.2. The summed E-state index contributed by atoms with van der Waals surface area (Å²) in [7, 11) is 0. The van der Waals surface area contributed by atoms with E-state index in [0.717, 1.165) is 67.5 Å². The van der Waals surface area contributed by atoms with Gasteiger partial charge in [-0.05, 0) is 68.3 Å². The monoisotopic (exact) mass is 403 g/mol. The van der Waals surface area contributed by atoms with Crippen molar-refractivity contribution in [3.05, 3.63) is 59.9 Å². The second kappa shape index (κ2) is 8.56. The van der Waals surface area contributed by atoms with Crippen LogP contribution >= 0.6 is 0 Å². The zero-order valence-corrected chi connectivity index (χ0v) is 17.3. The maximum Gasteiger partial charge on any atom is 0.275 e. The number of rotatable bonds is 4. The summed E-state index contributed by atoms with van der Waals surface area (Å²) in [6, 6.07) is 14.0. The predicted octanol–water partition coefficient (Wildman–Crippen LogP) is 3.33. The van der Waals surface area contributed by atoms with E-state index in [1.54, 1.807) is 6.20 Å². The average Bonchev–Trinajstić information content (AvgIpc) is 3.18. The van der Waals surface area contributed by atoms with Gasteiger partial charge in [0.15, 0.2) is 11.3 Å². The van der Waals surface area contributed by atoms with Gasteiger partial charge in [0.2, 0.25) is 0 Å². The van der Waals surface area contributed by atoms with Gasteiger partial charge in [-0.25, -0.2) is 9.67 Å². The Kier molecular flexibility index (Phi) is 5.49. The molecule has 2 aliphatic rings. The summed E-state index contributed by atoms with van der Waals surface area (Å²) < 4.78 is 1.86. The van der Waals surface area contributed by atoms with Crippen LogP contribution in [0.3, 0.4) is 0 Å². The second-order valence-corrected chi connectivity index (χ2v) is 8.58. The molecule has 0 atom stereocenters. The summed E-state index contributed by atoms with van der Waals surface area (Å²) in [4.78, 5) is 19.9. The molecule has 2 fully saturated rings. The van der Waals surface area contributed by atoms with Crippen molar-refractivity contribution < 1.29 is 4.79 Å². The molecule has 0 bridgehead atoms. The van der Waals surface area contributed by atoms with Crippen LogP contribution in [-0.4, -0.2) is 51.8 Å². The Labute approximate surface area is 177 Å². The highest BCUT2D eigenvalue weighted by molar-refractivity contribution is 6.04. The van der Waals surface area contributed by atoms with Gasteiger partial charge < -0.3 is 10.2 Å². The third-order valence-corrected chi connectivity index (χ3v) is 6.76. The van der Waals surface area contributed by atoms with Crippen molar-refractivity contribution in [1.82, 2.24) is 25.0 Å². The summed E-state index contributed by atoms with van der Waals surface area (Å²) in [5.41, 5.74) is 2.46. The topological polar surface area (TPSA) is 63.1 Å². The number of nitrogens with one attached hydrogen (secondary N) is 1. The lowest BCUT2D eigenvalue weighted by Crippen LogP contribution is -2.42. The van der Waals surface area contributed by atoms with Crippen LogP contribution in [-0.2, 0) is 6.54 Å². The number of benzene rings is 1. The number of fused-ring (bicyclic) bond motifs is 1. The van der Waals surface area contributed by atoms with E-state index in [2.05, 4.69) is 22.4 Å². The molecule has 5 rings (SSSR count). The van der Waals surface area contributed by atoms with Crippen molar-refractivity contribution in [2.75, 3.05) is 26.2 Å².